The molecule has 20 heavy (non-hydrogen) atoms. The van der Waals surface area contributed by atoms with Crippen LogP contribution in [0, 0.1) is 6.92 Å². The average Bonchev–Trinajstić information content (AvgIpc) is 2.41. The van der Waals surface area contributed by atoms with Gasteiger partial charge in [-0.1, -0.05) is 41.4 Å². The first-order valence-corrected chi connectivity index (χ1v) is 7.00. The van der Waals surface area contributed by atoms with E-state index < -0.39 is 0 Å². The number of thiocarbonyl (C=S) groups is 1. The van der Waals surface area contributed by atoms with Gasteiger partial charge in [0.1, 0.15) is 0 Å². The molecular weight excluding hydrogens is 292 g/mol. The van der Waals surface area contributed by atoms with Crippen LogP contribution in [0.2, 0.25) is 5.15 Å². The highest BCUT2D eigenvalue weighted by atomic mass is 35.5. The van der Waals surface area contributed by atoms with Gasteiger partial charge in [0.05, 0.1) is 0 Å². The Morgan fingerprint density at radius 3 is 2.85 bits per heavy atom. The lowest BCUT2D eigenvalue weighted by atomic mass is 10.1. The Balaban J connectivity index is 1.80. The molecule has 2 N–H and O–H groups in total. The molecule has 4 nitrogen and oxygen atoms in total. The SMILES string of the molecule is Cc1cccc(CCNC(=S)Nc2nccnc2Cl)c1. The van der Waals surface area contributed by atoms with Crippen LogP contribution in [-0.4, -0.2) is 21.6 Å². The first-order chi connectivity index (χ1) is 9.65. The first kappa shape index (κ1) is 14.7. The Bertz CT molecular complexity index is 603. The molecule has 0 atom stereocenters. The fourth-order valence-corrected chi connectivity index (χ4v) is 2.10. The van der Waals surface area contributed by atoms with Gasteiger partial charge >= 0.3 is 0 Å². The summed E-state index contributed by atoms with van der Waals surface area (Å²) < 4.78 is 0. The van der Waals surface area contributed by atoms with E-state index in [1.54, 1.807) is 6.20 Å². The summed E-state index contributed by atoms with van der Waals surface area (Å²) in [6, 6.07) is 8.40. The van der Waals surface area contributed by atoms with Gasteiger partial charge in [-0.25, -0.2) is 9.97 Å². The zero-order valence-corrected chi connectivity index (χ0v) is 12.6. The van der Waals surface area contributed by atoms with Crippen LogP contribution in [0.25, 0.3) is 0 Å². The number of hydrogen-bond acceptors (Lipinski definition) is 3. The highest BCUT2D eigenvalue weighted by molar-refractivity contribution is 7.80. The normalized spacial score (nSPS) is 10.1. The van der Waals surface area contributed by atoms with Gasteiger partial charge in [-0.15, -0.1) is 0 Å². The van der Waals surface area contributed by atoms with E-state index >= 15 is 0 Å². The molecule has 104 valence electrons. The Hall–Kier alpha value is -1.72. The number of nitrogens with zero attached hydrogens (tertiary/aromatic N) is 2. The molecular formula is C14H15ClN4S. The van der Waals surface area contributed by atoms with E-state index in [2.05, 4.69) is 51.8 Å². The number of halogens is 1. The lowest BCUT2D eigenvalue weighted by molar-refractivity contribution is 0.872. The number of anilines is 1. The second-order valence-corrected chi connectivity index (χ2v) is 5.08. The van der Waals surface area contributed by atoms with Gasteiger partial charge in [-0.05, 0) is 31.1 Å². The summed E-state index contributed by atoms with van der Waals surface area (Å²) in [6.45, 7) is 2.83. The molecule has 1 aromatic carbocycles. The van der Waals surface area contributed by atoms with Gasteiger partial charge in [-0.2, -0.15) is 0 Å². The fraction of sp³-hybridized carbons (Fsp3) is 0.214. The van der Waals surface area contributed by atoms with Crippen molar-refractivity contribution in [1.82, 2.24) is 15.3 Å². The smallest absolute Gasteiger partial charge is 0.172 e. The van der Waals surface area contributed by atoms with E-state index in [9.17, 15) is 0 Å². The van der Waals surface area contributed by atoms with E-state index in [1.807, 2.05) is 0 Å². The molecule has 0 spiro atoms. The molecule has 0 aliphatic rings. The summed E-state index contributed by atoms with van der Waals surface area (Å²) in [5, 5.41) is 6.83. The minimum absolute atomic E-state index is 0.301. The summed E-state index contributed by atoms with van der Waals surface area (Å²) in [7, 11) is 0. The highest BCUT2D eigenvalue weighted by Crippen LogP contribution is 2.13. The quantitative estimate of drug-likeness (QED) is 0.851. The third kappa shape index (κ3) is 4.43. The summed E-state index contributed by atoms with van der Waals surface area (Å²) in [5.74, 6) is 0.460. The third-order valence-corrected chi connectivity index (χ3v) is 3.19. The molecule has 0 saturated carbocycles. The predicted octanol–water partition coefficient (Wildman–Crippen LogP) is 2.97. The predicted molar refractivity (Wildman–Crippen MR) is 86.1 cm³/mol. The van der Waals surface area contributed by atoms with E-state index in [0.29, 0.717) is 16.1 Å². The molecule has 0 amide bonds. The Kier molecular flexibility index (Phi) is 5.26. The number of aromatic nitrogens is 2. The average molecular weight is 307 g/mol. The minimum atomic E-state index is 0.301. The largest absolute Gasteiger partial charge is 0.362 e. The van der Waals surface area contributed by atoms with Crippen molar-refractivity contribution in [2.24, 2.45) is 0 Å². The van der Waals surface area contributed by atoms with Crippen LogP contribution in [0.1, 0.15) is 11.1 Å². The molecule has 0 fully saturated rings. The fourth-order valence-electron chi connectivity index (χ4n) is 1.74. The van der Waals surface area contributed by atoms with Crippen molar-refractivity contribution in [3.8, 4) is 0 Å². The van der Waals surface area contributed by atoms with Crippen molar-refractivity contribution in [2.75, 3.05) is 11.9 Å². The monoisotopic (exact) mass is 306 g/mol. The van der Waals surface area contributed by atoms with E-state index in [1.165, 1.54) is 17.3 Å². The van der Waals surface area contributed by atoms with Crippen molar-refractivity contribution >= 4 is 34.7 Å². The molecule has 0 unspecified atom stereocenters. The summed E-state index contributed by atoms with van der Waals surface area (Å²) in [4.78, 5) is 7.99. The molecule has 6 heteroatoms. The van der Waals surface area contributed by atoms with Crippen molar-refractivity contribution < 1.29 is 0 Å². The van der Waals surface area contributed by atoms with Crippen LogP contribution in [0.15, 0.2) is 36.7 Å². The van der Waals surface area contributed by atoms with Gasteiger partial charge in [0, 0.05) is 18.9 Å². The second kappa shape index (κ2) is 7.17. The first-order valence-electron chi connectivity index (χ1n) is 6.22. The van der Waals surface area contributed by atoms with Crippen LogP contribution in [-0.2, 0) is 6.42 Å². The Morgan fingerprint density at radius 2 is 2.10 bits per heavy atom. The summed E-state index contributed by atoms with van der Waals surface area (Å²) >= 11 is 11.1. The number of aryl methyl sites for hydroxylation is 1. The molecule has 1 aromatic heterocycles. The Labute approximate surface area is 128 Å². The number of benzene rings is 1. The zero-order valence-electron chi connectivity index (χ0n) is 11.1. The molecule has 0 aliphatic heterocycles. The topological polar surface area (TPSA) is 49.8 Å². The van der Waals surface area contributed by atoms with Crippen LogP contribution < -0.4 is 10.6 Å². The molecule has 0 radical (unpaired) electrons. The van der Waals surface area contributed by atoms with Gasteiger partial charge in [-0.3, -0.25) is 0 Å². The minimum Gasteiger partial charge on any atom is -0.362 e. The second-order valence-electron chi connectivity index (χ2n) is 4.32. The molecule has 2 rings (SSSR count). The van der Waals surface area contributed by atoms with Gasteiger partial charge in [0.2, 0.25) is 0 Å². The highest BCUT2D eigenvalue weighted by Gasteiger charge is 2.03. The molecule has 0 bridgehead atoms. The van der Waals surface area contributed by atoms with E-state index in [4.69, 9.17) is 23.8 Å². The third-order valence-electron chi connectivity index (χ3n) is 2.67. The lowest BCUT2D eigenvalue weighted by Crippen LogP contribution is -2.30. The van der Waals surface area contributed by atoms with Crippen LogP contribution in [0.3, 0.4) is 0 Å². The van der Waals surface area contributed by atoms with Crippen molar-refractivity contribution in [1.29, 1.82) is 0 Å². The number of nitrogens with one attached hydrogen (secondary N) is 2. The lowest BCUT2D eigenvalue weighted by Gasteiger charge is -2.10. The van der Waals surface area contributed by atoms with Crippen LogP contribution >= 0.6 is 23.8 Å². The van der Waals surface area contributed by atoms with E-state index in [0.717, 1.165) is 13.0 Å². The standard InChI is InChI=1S/C14H15ClN4S/c1-10-3-2-4-11(9-10)5-6-18-14(20)19-13-12(15)16-7-8-17-13/h2-4,7-9H,5-6H2,1H3,(H2,17,18,19,20). The van der Waals surface area contributed by atoms with Gasteiger partial charge < -0.3 is 10.6 Å². The molecule has 0 aliphatic carbocycles. The van der Waals surface area contributed by atoms with Crippen molar-refractivity contribution in [2.45, 2.75) is 13.3 Å². The Morgan fingerprint density at radius 1 is 1.30 bits per heavy atom. The zero-order chi connectivity index (χ0) is 14.4. The van der Waals surface area contributed by atoms with Crippen LogP contribution in [0.5, 0.6) is 0 Å². The number of rotatable bonds is 4. The van der Waals surface area contributed by atoms with Crippen molar-refractivity contribution in [3.63, 3.8) is 0 Å². The van der Waals surface area contributed by atoms with Crippen molar-refractivity contribution in [3.05, 3.63) is 52.9 Å². The molecule has 0 saturated heterocycles. The maximum atomic E-state index is 5.89. The maximum Gasteiger partial charge on any atom is 0.172 e. The van der Waals surface area contributed by atoms with E-state index in [-0.39, 0.29) is 0 Å². The maximum absolute atomic E-state index is 5.89. The summed E-state index contributed by atoms with van der Waals surface area (Å²) in [6.07, 6.45) is 3.99. The molecule has 2 aromatic rings. The van der Waals surface area contributed by atoms with Gasteiger partial charge in [0.25, 0.3) is 0 Å². The number of hydrogen-bond donors (Lipinski definition) is 2. The van der Waals surface area contributed by atoms with Gasteiger partial charge in [0.15, 0.2) is 16.1 Å². The summed E-state index contributed by atoms with van der Waals surface area (Å²) in [5.41, 5.74) is 2.53. The molecule has 1 heterocycles. The van der Waals surface area contributed by atoms with Crippen LogP contribution in [0.4, 0.5) is 5.82 Å².